The van der Waals surface area contributed by atoms with Crippen LogP contribution in [0.15, 0.2) is 24.3 Å². The maximum absolute atomic E-state index is 12.9. The molecule has 0 saturated heterocycles. The van der Waals surface area contributed by atoms with Crippen LogP contribution in [-0.2, 0) is 9.59 Å². The van der Waals surface area contributed by atoms with E-state index < -0.39 is 23.7 Å². The van der Waals surface area contributed by atoms with Crippen LogP contribution in [0.1, 0.15) is 25.3 Å². The highest BCUT2D eigenvalue weighted by Crippen LogP contribution is 2.16. The van der Waals surface area contributed by atoms with Crippen molar-refractivity contribution in [2.45, 2.75) is 25.8 Å². The first kappa shape index (κ1) is 16.2. The third-order valence-corrected chi connectivity index (χ3v) is 2.85. The minimum atomic E-state index is -1.07. The average Bonchev–Trinajstić information content (AvgIpc) is 2.39. The summed E-state index contributed by atoms with van der Waals surface area (Å²) in [6.45, 7) is 1.83. The van der Waals surface area contributed by atoms with Crippen LogP contribution in [0.2, 0.25) is 5.02 Å². The van der Waals surface area contributed by atoms with Crippen molar-refractivity contribution in [3.8, 4) is 0 Å². The number of carbonyl (C=O) groups is 2. The Labute approximate surface area is 121 Å². The fraction of sp³-hybridized carbons (Fsp3) is 0.286. The maximum Gasteiger partial charge on any atom is 0.326 e. The van der Waals surface area contributed by atoms with E-state index in [2.05, 4.69) is 5.32 Å². The zero-order chi connectivity index (χ0) is 15.1. The molecule has 0 aliphatic rings. The zero-order valence-electron chi connectivity index (χ0n) is 10.9. The smallest absolute Gasteiger partial charge is 0.326 e. The number of nitrogens with one attached hydrogen (secondary N) is 1. The second-order valence-electron chi connectivity index (χ2n) is 4.19. The summed E-state index contributed by atoms with van der Waals surface area (Å²) in [4.78, 5) is 22.5. The Kier molecular flexibility index (Phi) is 6.18. The Balaban J connectivity index is 2.67. The van der Waals surface area contributed by atoms with Crippen molar-refractivity contribution in [1.82, 2.24) is 5.32 Å². The van der Waals surface area contributed by atoms with Crippen molar-refractivity contribution >= 4 is 29.6 Å². The zero-order valence-corrected chi connectivity index (χ0v) is 11.7. The van der Waals surface area contributed by atoms with Gasteiger partial charge in [0.2, 0.25) is 5.91 Å². The lowest BCUT2D eigenvalue weighted by molar-refractivity contribution is -0.141. The molecular formula is C14H15ClFNO3. The molecule has 0 radical (unpaired) electrons. The summed E-state index contributed by atoms with van der Waals surface area (Å²) in [6.07, 6.45) is 3.63. The van der Waals surface area contributed by atoms with Gasteiger partial charge in [-0.2, -0.15) is 0 Å². The lowest BCUT2D eigenvalue weighted by Gasteiger charge is -2.11. The van der Waals surface area contributed by atoms with E-state index in [1.807, 2.05) is 6.92 Å². The molecule has 20 heavy (non-hydrogen) atoms. The third kappa shape index (κ3) is 5.01. The molecule has 0 aliphatic heterocycles. The second-order valence-corrected chi connectivity index (χ2v) is 4.60. The molecule has 1 amide bonds. The molecular weight excluding hydrogens is 285 g/mol. The normalized spacial score (nSPS) is 12.3. The van der Waals surface area contributed by atoms with Crippen LogP contribution < -0.4 is 5.32 Å². The highest BCUT2D eigenvalue weighted by Gasteiger charge is 2.17. The molecule has 2 N–H and O–H groups in total. The quantitative estimate of drug-likeness (QED) is 0.794. The van der Waals surface area contributed by atoms with Gasteiger partial charge in [0.05, 0.1) is 5.02 Å². The molecule has 0 bridgehead atoms. The van der Waals surface area contributed by atoms with Crippen molar-refractivity contribution in [2.24, 2.45) is 0 Å². The van der Waals surface area contributed by atoms with E-state index in [0.29, 0.717) is 18.4 Å². The number of carbonyl (C=O) groups excluding carboxylic acids is 1. The molecule has 0 saturated carbocycles. The van der Waals surface area contributed by atoms with E-state index in [-0.39, 0.29) is 5.02 Å². The predicted octanol–water partition coefficient (Wildman–Crippen LogP) is 2.86. The van der Waals surface area contributed by atoms with Gasteiger partial charge >= 0.3 is 5.97 Å². The van der Waals surface area contributed by atoms with E-state index in [1.54, 1.807) is 0 Å². The van der Waals surface area contributed by atoms with Gasteiger partial charge in [-0.15, -0.1) is 0 Å². The van der Waals surface area contributed by atoms with Crippen LogP contribution in [0.4, 0.5) is 4.39 Å². The number of carboxylic acid groups (broad SMARTS) is 1. The van der Waals surface area contributed by atoms with Gasteiger partial charge in [0.1, 0.15) is 11.9 Å². The first-order chi connectivity index (χ1) is 9.43. The topological polar surface area (TPSA) is 66.4 Å². The van der Waals surface area contributed by atoms with E-state index in [1.165, 1.54) is 30.4 Å². The Morgan fingerprint density at radius 2 is 2.20 bits per heavy atom. The lowest BCUT2D eigenvalue weighted by Crippen LogP contribution is -2.39. The van der Waals surface area contributed by atoms with Crippen molar-refractivity contribution in [2.75, 3.05) is 0 Å². The number of hydrogen-bond donors (Lipinski definition) is 2. The molecule has 4 nitrogen and oxygen atoms in total. The Hall–Kier alpha value is -1.88. The van der Waals surface area contributed by atoms with Crippen molar-refractivity contribution in [3.63, 3.8) is 0 Å². The summed E-state index contributed by atoms with van der Waals surface area (Å²) < 4.78 is 12.9. The van der Waals surface area contributed by atoms with Crippen molar-refractivity contribution in [1.29, 1.82) is 0 Å². The van der Waals surface area contributed by atoms with Gasteiger partial charge in [-0.3, -0.25) is 4.79 Å². The van der Waals surface area contributed by atoms with Crippen LogP contribution in [0.3, 0.4) is 0 Å². The molecule has 1 atom stereocenters. The van der Waals surface area contributed by atoms with Gasteiger partial charge in [-0.05, 0) is 30.2 Å². The highest BCUT2D eigenvalue weighted by atomic mass is 35.5. The summed E-state index contributed by atoms with van der Waals surface area (Å²) in [5.41, 5.74) is 0.550. The molecule has 1 aromatic carbocycles. The molecule has 6 heteroatoms. The number of halogens is 2. The van der Waals surface area contributed by atoms with Gasteiger partial charge in [-0.1, -0.05) is 31.0 Å². The van der Waals surface area contributed by atoms with Crippen LogP contribution in [0, 0.1) is 5.82 Å². The van der Waals surface area contributed by atoms with E-state index in [9.17, 15) is 14.0 Å². The molecule has 0 aromatic heterocycles. The largest absolute Gasteiger partial charge is 0.480 e. The minimum absolute atomic E-state index is 0.0399. The number of carboxylic acids is 1. The monoisotopic (exact) mass is 299 g/mol. The second kappa shape index (κ2) is 7.65. The highest BCUT2D eigenvalue weighted by molar-refractivity contribution is 6.30. The summed E-state index contributed by atoms with van der Waals surface area (Å²) in [7, 11) is 0. The van der Waals surface area contributed by atoms with Gasteiger partial charge in [0, 0.05) is 6.08 Å². The Bertz CT molecular complexity index is 531. The SMILES string of the molecule is CCC[C@H](NC(=O)/C=C/c1ccc(F)c(Cl)c1)C(=O)O. The molecule has 0 fully saturated rings. The fourth-order valence-electron chi connectivity index (χ4n) is 1.55. The van der Waals surface area contributed by atoms with Crippen LogP contribution in [0.5, 0.6) is 0 Å². The summed E-state index contributed by atoms with van der Waals surface area (Å²) in [5.74, 6) is -2.13. The number of amides is 1. The van der Waals surface area contributed by atoms with Gasteiger partial charge in [0.15, 0.2) is 0 Å². The third-order valence-electron chi connectivity index (χ3n) is 2.56. The summed E-state index contributed by atoms with van der Waals surface area (Å²) >= 11 is 5.61. The van der Waals surface area contributed by atoms with E-state index in [0.717, 1.165) is 0 Å². The standard InChI is InChI=1S/C14H15ClFNO3/c1-2-3-12(14(19)20)17-13(18)7-5-9-4-6-11(16)10(15)8-9/h4-8,12H,2-3H2,1H3,(H,17,18)(H,19,20)/b7-5+/t12-/m0/s1. The molecule has 0 unspecified atom stereocenters. The summed E-state index contributed by atoms with van der Waals surface area (Å²) in [5, 5.41) is 11.2. The number of benzene rings is 1. The average molecular weight is 300 g/mol. The first-order valence-electron chi connectivity index (χ1n) is 6.10. The minimum Gasteiger partial charge on any atom is -0.480 e. The van der Waals surface area contributed by atoms with Crippen LogP contribution in [0.25, 0.3) is 6.08 Å². The molecule has 1 rings (SSSR count). The summed E-state index contributed by atoms with van der Waals surface area (Å²) in [6, 6.07) is 3.12. The van der Waals surface area contributed by atoms with Crippen molar-refractivity contribution < 1.29 is 19.1 Å². The maximum atomic E-state index is 12.9. The van der Waals surface area contributed by atoms with Gasteiger partial charge < -0.3 is 10.4 Å². The first-order valence-corrected chi connectivity index (χ1v) is 6.48. The Morgan fingerprint density at radius 1 is 1.50 bits per heavy atom. The Morgan fingerprint density at radius 3 is 2.75 bits per heavy atom. The predicted molar refractivity (Wildman–Crippen MR) is 74.9 cm³/mol. The van der Waals surface area contributed by atoms with Crippen LogP contribution in [-0.4, -0.2) is 23.0 Å². The molecule has 108 valence electrons. The number of rotatable bonds is 6. The van der Waals surface area contributed by atoms with E-state index in [4.69, 9.17) is 16.7 Å². The molecule has 0 aliphatic carbocycles. The van der Waals surface area contributed by atoms with Gasteiger partial charge in [-0.25, -0.2) is 9.18 Å². The van der Waals surface area contributed by atoms with Crippen molar-refractivity contribution in [3.05, 3.63) is 40.7 Å². The van der Waals surface area contributed by atoms with Gasteiger partial charge in [0.25, 0.3) is 0 Å². The number of hydrogen-bond acceptors (Lipinski definition) is 2. The fourth-order valence-corrected chi connectivity index (χ4v) is 1.74. The van der Waals surface area contributed by atoms with E-state index >= 15 is 0 Å². The van der Waals surface area contributed by atoms with Crippen LogP contribution >= 0.6 is 11.6 Å². The molecule has 0 spiro atoms. The lowest BCUT2D eigenvalue weighted by atomic mass is 10.1. The molecule has 1 aromatic rings. The molecule has 0 heterocycles. The number of aliphatic carboxylic acids is 1.